The van der Waals surface area contributed by atoms with Crippen molar-refractivity contribution in [1.29, 1.82) is 0 Å². The number of anilines is 1. The molecule has 29 heavy (non-hydrogen) atoms. The second-order valence-electron chi connectivity index (χ2n) is 6.89. The highest BCUT2D eigenvalue weighted by Crippen LogP contribution is 2.35. The highest BCUT2D eigenvalue weighted by Gasteiger charge is 2.36. The zero-order valence-corrected chi connectivity index (χ0v) is 16.8. The van der Waals surface area contributed by atoms with Gasteiger partial charge in [0, 0.05) is 24.8 Å². The molecule has 0 aliphatic carbocycles. The number of thiazole rings is 1. The van der Waals surface area contributed by atoms with Crippen LogP contribution in [0.3, 0.4) is 0 Å². The molecule has 5 rings (SSSR count). The van der Waals surface area contributed by atoms with Gasteiger partial charge in [0.1, 0.15) is 0 Å². The summed E-state index contributed by atoms with van der Waals surface area (Å²) in [7, 11) is -3.71. The van der Waals surface area contributed by atoms with Gasteiger partial charge < -0.3 is 14.8 Å². The first-order valence-corrected chi connectivity index (χ1v) is 11.4. The maximum Gasteiger partial charge on any atom is 0.243 e. The van der Waals surface area contributed by atoms with Crippen LogP contribution in [0, 0.1) is 5.92 Å². The molecule has 2 aliphatic heterocycles. The second-order valence-corrected chi connectivity index (χ2v) is 9.71. The number of carbonyl (C=O) groups excluding carboxylic acids is 1. The monoisotopic (exact) mass is 431 g/mol. The van der Waals surface area contributed by atoms with Crippen LogP contribution in [0.1, 0.15) is 6.42 Å². The van der Waals surface area contributed by atoms with E-state index in [1.807, 2.05) is 18.2 Å². The lowest BCUT2D eigenvalue weighted by molar-refractivity contribution is -0.119. The molecule has 3 heterocycles. The molecular formula is C19H17N3O5S2. The van der Waals surface area contributed by atoms with Crippen LogP contribution in [0.2, 0.25) is 0 Å². The van der Waals surface area contributed by atoms with Gasteiger partial charge in [-0.25, -0.2) is 13.4 Å². The summed E-state index contributed by atoms with van der Waals surface area (Å²) in [5.74, 6) is 0.338. The van der Waals surface area contributed by atoms with E-state index in [1.165, 1.54) is 27.8 Å². The maximum absolute atomic E-state index is 13.0. The molecule has 1 N–H and O–H groups in total. The van der Waals surface area contributed by atoms with E-state index in [-0.39, 0.29) is 24.1 Å². The Bertz CT molecular complexity index is 1210. The molecule has 150 valence electrons. The van der Waals surface area contributed by atoms with Crippen LogP contribution in [0.15, 0.2) is 46.8 Å². The summed E-state index contributed by atoms with van der Waals surface area (Å²) in [6, 6.07) is 10.1. The molecule has 8 nitrogen and oxygen atoms in total. The molecular weight excluding hydrogens is 414 g/mol. The molecule has 1 aromatic heterocycles. The molecule has 1 saturated heterocycles. The average molecular weight is 431 g/mol. The van der Waals surface area contributed by atoms with Crippen molar-refractivity contribution in [2.45, 2.75) is 11.3 Å². The number of aromatic nitrogens is 1. The lowest BCUT2D eigenvalue weighted by Gasteiger charge is -2.17. The highest BCUT2D eigenvalue weighted by atomic mass is 32.2. The first-order chi connectivity index (χ1) is 14.0. The predicted octanol–water partition coefficient (Wildman–Crippen LogP) is 2.67. The van der Waals surface area contributed by atoms with E-state index in [0.29, 0.717) is 30.2 Å². The number of benzene rings is 2. The Balaban J connectivity index is 1.29. The molecule has 0 unspecified atom stereocenters. The largest absolute Gasteiger partial charge is 0.454 e. The topological polar surface area (TPSA) is 97.8 Å². The van der Waals surface area contributed by atoms with Gasteiger partial charge in [0.2, 0.25) is 22.7 Å². The lowest BCUT2D eigenvalue weighted by Crippen LogP contribution is -2.31. The third-order valence-corrected chi connectivity index (χ3v) is 7.77. The van der Waals surface area contributed by atoms with Gasteiger partial charge in [0.15, 0.2) is 11.5 Å². The third-order valence-electron chi connectivity index (χ3n) is 5.10. The molecule has 1 amide bonds. The Morgan fingerprint density at radius 2 is 2.03 bits per heavy atom. The number of nitrogens with one attached hydrogen (secondary N) is 1. The fourth-order valence-electron chi connectivity index (χ4n) is 3.53. The minimum Gasteiger partial charge on any atom is -0.454 e. The summed E-state index contributed by atoms with van der Waals surface area (Å²) in [5.41, 5.74) is 3.24. The summed E-state index contributed by atoms with van der Waals surface area (Å²) in [6.45, 7) is 0.513. The molecule has 1 fully saturated rings. The number of carbonyl (C=O) groups is 1. The van der Waals surface area contributed by atoms with Crippen molar-refractivity contribution >= 4 is 43.2 Å². The molecule has 1 atom stereocenters. The van der Waals surface area contributed by atoms with Gasteiger partial charge in [-0.1, -0.05) is 0 Å². The summed E-state index contributed by atoms with van der Waals surface area (Å²) >= 11 is 1.53. The number of amides is 1. The number of hydrogen-bond donors (Lipinski definition) is 1. The van der Waals surface area contributed by atoms with Crippen LogP contribution >= 0.6 is 11.3 Å². The molecule has 0 spiro atoms. The summed E-state index contributed by atoms with van der Waals surface area (Å²) in [4.78, 5) is 17.0. The van der Waals surface area contributed by atoms with E-state index in [1.54, 1.807) is 11.6 Å². The number of sulfonamides is 1. The van der Waals surface area contributed by atoms with Gasteiger partial charge in [0.25, 0.3) is 0 Å². The Hall–Kier alpha value is -2.69. The van der Waals surface area contributed by atoms with Gasteiger partial charge in [-0.05, 0) is 36.8 Å². The predicted molar refractivity (Wildman–Crippen MR) is 108 cm³/mol. The van der Waals surface area contributed by atoms with Crippen molar-refractivity contribution < 1.29 is 22.7 Å². The van der Waals surface area contributed by atoms with Crippen molar-refractivity contribution in [2.24, 2.45) is 5.92 Å². The van der Waals surface area contributed by atoms with Crippen LogP contribution in [-0.2, 0) is 14.8 Å². The average Bonchev–Trinajstić information content (AvgIpc) is 3.46. The van der Waals surface area contributed by atoms with E-state index in [4.69, 9.17) is 9.47 Å². The van der Waals surface area contributed by atoms with Crippen molar-refractivity contribution in [3.8, 4) is 11.5 Å². The number of rotatable bonds is 4. The van der Waals surface area contributed by atoms with E-state index in [2.05, 4.69) is 10.3 Å². The zero-order valence-electron chi connectivity index (χ0n) is 15.2. The Morgan fingerprint density at radius 1 is 1.17 bits per heavy atom. The Morgan fingerprint density at radius 3 is 2.93 bits per heavy atom. The zero-order chi connectivity index (χ0) is 20.0. The van der Waals surface area contributed by atoms with E-state index in [9.17, 15) is 13.2 Å². The minimum atomic E-state index is -3.71. The number of fused-ring (bicyclic) bond motifs is 2. The van der Waals surface area contributed by atoms with Crippen LogP contribution in [0.4, 0.5) is 5.69 Å². The van der Waals surface area contributed by atoms with Crippen LogP contribution in [-0.4, -0.2) is 43.5 Å². The summed E-state index contributed by atoms with van der Waals surface area (Å²) < 4.78 is 38.8. The molecule has 0 saturated carbocycles. The maximum atomic E-state index is 13.0. The van der Waals surface area contributed by atoms with Gasteiger partial charge in [-0.15, -0.1) is 11.3 Å². The molecule has 3 aromatic rings. The fourth-order valence-corrected chi connectivity index (χ4v) is 5.70. The van der Waals surface area contributed by atoms with E-state index >= 15 is 0 Å². The first kappa shape index (κ1) is 18.3. The molecule has 0 radical (unpaired) electrons. The quantitative estimate of drug-likeness (QED) is 0.682. The second kappa shape index (κ2) is 6.97. The lowest BCUT2D eigenvalue weighted by atomic mass is 10.1. The Kier molecular flexibility index (Phi) is 4.41. The molecule has 0 bridgehead atoms. The summed E-state index contributed by atoms with van der Waals surface area (Å²) in [5, 5.41) is 2.88. The SMILES string of the molecule is O=C(Nc1ccc2scnc2c1)[C@@H]1CCN(S(=O)(=O)c2ccc3c(c2)OCO3)C1. The van der Waals surface area contributed by atoms with Crippen LogP contribution in [0.25, 0.3) is 10.2 Å². The van der Waals surface area contributed by atoms with Crippen molar-refractivity contribution in [1.82, 2.24) is 9.29 Å². The molecule has 2 aromatic carbocycles. The minimum absolute atomic E-state index is 0.0808. The van der Waals surface area contributed by atoms with Crippen molar-refractivity contribution in [3.05, 3.63) is 41.9 Å². The molecule has 2 aliphatic rings. The van der Waals surface area contributed by atoms with Crippen LogP contribution in [0.5, 0.6) is 11.5 Å². The number of ether oxygens (including phenoxy) is 2. The molecule has 10 heteroatoms. The Labute approximate surface area is 171 Å². The van der Waals surface area contributed by atoms with Crippen LogP contribution < -0.4 is 14.8 Å². The van der Waals surface area contributed by atoms with Gasteiger partial charge >= 0.3 is 0 Å². The normalized spacial score (nSPS) is 19.0. The van der Waals surface area contributed by atoms with Crippen molar-refractivity contribution in [3.63, 3.8) is 0 Å². The number of nitrogens with zero attached hydrogens (tertiary/aromatic N) is 2. The van der Waals surface area contributed by atoms with E-state index < -0.39 is 15.9 Å². The van der Waals surface area contributed by atoms with Gasteiger partial charge in [-0.2, -0.15) is 4.31 Å². The first-order valence-electron chi connectivity index (χ1n) is 9.05. The summed E-state index contributed by atoms with van der Waals surface area (Å²) in [6.07, 6.45) is 0.467. The standard InChI is InChI=1S/C19H17N3O5S2/c23-19(21-13-1-4-18-15(7-13)20-10-28-18)12-5-6-22(9-12)29(24,25)14-2-3-16-17(8-14)27-11-26-16/h1-4,7-8,10,12H,5-6,9,11H2,(H,21,23)/t12-/m1/s1. The fraction of sp³-hybridized carbons (Fsp3) is 0.263. The van der Waals surface area contributed by atoms with Crippen molar-refractivity contribution in [2.75, 3.05) is 25.2 Å². The van der Waals surface area contributed by atoms with E-state index in [0.717, 1.165) is 10.2 Å². The highest BCUT2D eigenvalue weighted by molar-refractivity contribution is 7.89. The van der Waals surface area contributed by atoms with Gasteiger partial charge in [-0.3, -0.25) is 4.79 Å². The smallest absolute Gasteiger partial charge is 0.243 e. The number of hydrogen-bond acceptors (Lipinski definition) is 7. The van der Waals surface area contributed by atoms with Gasteiger partial charge in [0.05, 0.1) is 26.5 Å². The third kappa shape index (κ3) is 3.33.